The smallest absolute Gasteiger partial charge is 0.409 e. The molecule has 6 heteroatoms. The van der Waals surface area contributed by atoms with E-state index in [1.807, 2.05) is 37.3 Å². The van der Waals surface area contributed by atoms with Gasteiger partial charge in [-0.25, -0.2) is 9.59 Å². The lowest BCUT2D eigenvalue weighted by Crippen LogP contribution is -2.37. The minimum absolute atomic E-state index is 0.235. The summed E-state index contributed by atoms with van der Waals surface area (Å²) in [5.41, 5.74) is 0.936. The van der Waals surface area contributed by atoms with Crippen molar-refractivity contribution in [3.05, 3.63) is 35.9 Å². The zero-order valence-corrected chi connectivity index (χ0v) is 14.2. The number of rotatable bonds is 8. The van der Waals surface area contributed by atoms with E-state index in [1.165, 1.54) is 9.80 Å². The van der Waals surface area contributed by atoms with Crippen LogP contribution in [0.1, 0.15) is 25.3 Å². The summed E-state index contributed by atoms with van der Waals surface area (Å²) in [6.07, 6.45) is 1.05. The van der Waals surface area contributed by atoms with Crippen LogP contribution in [0.25, 0.3) is 0 Å². The van der Waals surface area contributed by atoms with Crippen LogP contribution in [-0.4, -0.2) is 55.8 Å². The zero-order chi connectivity index (χ0) is 17.1. The van der Waals surface area contributed by atoms with Crippen molar-refractivity contribution in [2.24, 2.45) is 0 Å². The first-order chi connectivity index (χ1) is 11.0. The molecule has 0 saturated carbocycles. The number of amides is 2. The van der Waals surface area contributed by atoms with E-state index >= 15 is 0 Å². The molecule has 0 aliphatic heterocycles. The van der Waals surface area contributed by atoms with Gasteiger partial charge in [-0.2, -0.15) is 0 Å². The van der Waals surface area contributed by atoms with Crippen molar-refractivity contribution >= 4 is 12.2 Å². The Labute approximate surface area is 138 Å². The van der Waals surface area contributed by atoms with Crippen LogP contribution in [0.15, 0.2) is 30.3 Å². The van der Waals surface area contributed by atoms with Crippen molar-refractivity contribution in [2.45, 2.75) is 26.4 Å². The minimum Gasteiger partial charge on any atom is -0.449 e. The predicted molar refractivity (Wildman–Crippen MR) is 88.1 cm³/mol. The first kappa shape index (κ1) is 18.8. The van der Waals surface area contributed by atoms with E-state index in [9.17, 15) is 9.59 Å². The summed E-state index contributed by atoms with van der Waals surface area (Å²) in [6, 6.07) is 9.49. The summed E-state index contributed by atoms with van der Waals surface area (Å²) in [6.45, 7) is 3.47. The molecule has 0 aromatic heterocycles. The zero-order valence-electron chi connectivity index (χ0n) is 14.2. The van der Waals surface area contributed by atoms with Crippen LogP contribution >= 0.6 is 0 Å². The van der Waals surface area contributed by atoms with Crippen molar-refractivity contribution in [2.75, 3.05) is 33.8 Å². The Balaban J connectivity index is 2.25. The Hall–Kier alpha value is -2.24. The van der Waals surface area contributed by atoms with E-state index in [2.05, 4.69) is 0 Å². The summed E-state index contributed by atoms with van der Waals surface area (Å²) in [7, 11) is 3.29. The monoisotopic (exact) mass is 322 g/mol. The summed E-state index contributed by atoms with van der Waals surface area (Å²) in [5.74, 6) is 0. The molecule has 0 radical (unpaired) electrons. The van der Waals surface area contributed by atoms with Gasteiger partial charge < -0.3 is 19.3 Å². The van der Waals surface area contributed by atoms with Gasteiger partial charge in [0.05, 0.1) is 6.61 Å². The second-order valence-electron chi connectivity index (χ2n) is 5.35. The lowest BCUT2D eigenvalue weighted by molar-refractivity contribution is 0.0918. The van der Waals surface area contributed by atoms with E-state index in [1.54, 1.807) is 14.1 Å². The van der Waals surface area contributed by atoms with Gasteiger partial charge in [0.25, 0.3) is 0 Å². The lowest BCUT2D eigenvalue weighted by Gasteiger charge is -2.21. The molecule has 0 aliphatic rings. The molecule has 23 heavy (non-hydrogen) atoms. The standard InChI is InChI=1S/C17H26N2O4/c1-4-5-13-22-16(20)18(2)11-12-19(3)17(21)23-14-15-9-7-6-8-10-15/h6-10H,4-5,11-14H2,1-3H3. The molecule has 0 atom stereocenters. The molecule has 0 bridgehead atoms. The average Bonchev–Trinajstić information content (AvgIpc) is 2.58. The molecule has 0 N–H and O–H groups in total. The topological polar surface area (TPSA) is 59.1 Å². The fourth-order valence-corrected chi connectivity index (χ4v) is 1.73. The SMILES string of the molecule is CCCCOC(=O)N(C)CCN(C)C(=O)OCc1ccccc1. The van der Waals surface area contributed by atoms with Crippen molar-refractivity contribution in [1.82, 2.24) is 9.80 Å². The molecule has 2 amide bonds. The second kappa shape index (κ2) is 10.5. The molecular weight excluding hydrogens is 296 g/mol. The Kier molecular flexibility index (Phi) is 8.57. The summed E-state index contributed by atoms with van der Waals surface area (Å²) in [5, 5.41) is 0. The molecule has 0 spiro atoms. The number of hydrogen-bond acceptors (Lipinski definition) is 4. The first-order valence-corrected chi connectivity index (χ1v) is 7.84. The van der Waals surface area contributed by atoms with Crippen LogP contribution in [0.2, 0.25) is 0 Å². The third kappa shape index (κ3) is 7.54. The molecule has 6 nitrogen and oxygen atoms in total. The molecule has 1 aromatic carbocycles. The van der Waals surface area contributed by atoms with Crippen molar-refractivity contribution in [3.63, 3.8) is 0 Å². The number of carbonyl (C=O) groups is 2. The van der Waals surface area contributed by atoms with Crippen LogP contribution in [0.3, 0.4) is 0 Å². The van der Waals surface area contributed by atoms with Crippen molar-refractivity contribution in [3.8, 4) is 0 Å². The summed E-state index contributed by atoms with van der Waals surface area (Å²) in [4.78, 5) is 26.5. The van der Waals surface area contributed by atoms with Crippen LogP contribution < -0.4 is 0 Å². The molecule has 1 aromatic rings. The van der Waals surface area contributed by atoms with E-state index in [-0.39, 0.29) is 12.7 Å². The fraction of sp³-hybridized carbons (Fsp3) is 0.529. The molecule has 1 rings (SSSR count). The third-order valence-electron chi connectivity index (χ3n) is 3.32. The normalized spacial score (nSPS) is 10.0. The number of benzene rings is 1. The highest BCUT2D eigenvalue weighted by Gasteiger charge is 2.14. The molecule has 0 unspecified atom stereocenters. The number of unbranched alkanes of at least 4 members (excludes halogenated alkanes) is 1. The Morgan fingerprint density at radius 1 is 0.957 bits per heavy atom. The highest BCUT2D eigenvalue weighted by Crippen LogP contribution is 2.03. The van der Waals surface area contributed by atoms with Crippen LogP contribution in [0.5, 0.6) is 0 Å². The Morgan fingerprint density at radius 2 is 1.52 bits per heavy atom. The Morgan fingerprint density at radius 3 is 2.09 bits per heavy atom. The maximum atomic E-state index is 11.9. The highest BCUT2D eigenvalue weighted by atomic mass is 16.6. The second-order valence-corrected chi connectivity index (χ2v) is 5.35. The largest absolute Gasteiger partial charge is 0.449 e. The predicted octanol–water partition coefficient (Wildman–Crippen LogP) is 3.12. The van der Waals surface area contributed by atoms with Crippen molar-refractivity contribution < 1.29 is 19.1 Å². The maximum Gasteiger partial charge on any atom is 0.409 e. The van der Waals surface area contributed by atoms with E-state index in [0.717, 1.165) is 18.4 Å². The van der Waals surface area contributed by atoms with Gasteiger partial charge in [-0.1, -0.05) is 43.7 Å². The summed E-state index contributed by atoms with van der Waals surface area (Å²) >= 11 is 0. The molecule has 0 aliphatic carbocycles. The van der Waals surface area contributed by atoms with E-state index < -0.39 is 6.09 Å². The fourth-order valence-electron chi connectivity index (χ4n) is 1.73. The molecule has 0 fully saturated rings. The van der Waals surface area contributed by atoms with Crippen LogP contribution in [0.4, 0.5) is 9.59 Å². The molecule has 0 saturated heterocycles. The highest BCUT2D eigenvalue weighted by molar-refractivity contribution is 5.68. The average molecular weight is 322 g/mol. The maximum absolute atomic E-state index is 11.9. The van der Waals surface area contributed by atoms with Crippen LogP contribution in [-0.2, 0) is 16.1 Å². The number of carbonyl (C=O) groups excluding carboxylic acids is 2. The van der Waals surface area contributed by atoms with Gasteiger partial charge in [-0.3, -0.25) is 0 Å². The van der Waals surface area contributed by atoms with E-state index in [0.29, 0.717) is 19.7 Å². The number of ether oxygens (including phenoxy) is 2. The van der Waals surface area contributed by atoms with Gasteiger partial charge in [-0.05, 0) is 12.0 Å². The first-order valence-electron chi connectivity index (χ1n) is 7.84. The molecular formula is C17H26N2O4. The van der Waals surface area contributed by atoms with Gasteiger partial charge in [0, 0.05) is 27.2 Å². The number of nitrogens with zero attached hydrogens (tertiary/aromatic N) is 2. The van der Waals surface area contributed by atoms with Gasteiger partial charge >= 0.3 is 12.2 Å². The third-order valence-corrected chi connectivity index (χ3v) is 3.32. The van der Waals surface area contributed by atoms with Gasteiger partial charge in [0.1, 0.15) is 6.61 Å². The van der Waals surface area contributed by atoms with Crippen molar-refractivity contribution in [1.29, 1.82) is 0 Å². The van der Waals surface area contributed by atoms with Gasteiger partial charge in [0.2, 0.25) is 0 Å². The molecule has 128 valence electrons. The van der Waals surface area contributed by atoms with Gasteiger partial charge in [-0.15, -0.1) is 0 Å². The van der Waals surface area contributed by atoms with Crippen LogP contribution in [0, 0.1) is 0 Å². The van der Waals surface area contributed by atoms with E-state index in [4.69, 9.17) is 9.47 Å². The quantitative estimate of drug-likeness (QED) is 0.690. The van der Waals surface area contributed by atoms with Gasteiger partial charge in [0.15, 0.2) is 0 Å². The Bertz CT molecular complexity index is 479. The minimum atomic E-state index is -0.415. The number of likely N-dealkylation sites (N-methyl/N-ethyl adjacent to an activating group) is 2. The molecule has 0 heterocycles. The summed E-state index contributed by atoms with van der Waals surface area (Å²) < 4.78 is 10.3. The number of hydrogen-bond donors (Lipinski definition) is 0. The lowest BCUT2D eigenvalue weighted by atomic mass is 10.2.